The molecule has 7 nitrogen and oxygen atoms in total. The van der Waals surface area contributed by atoms with Crippen LogP contribution >= 0.6 is 0 Å². The van der Waals surface area contributed by atoms with Gasteiger partial charge < -0.3 is 25.4 Å². The first-order chi connectivity index (χ1) is 8.97. The van der Waals surface area contributed by atoms with Crippen LogP contribution in [0.2, 0.25) is 0 Å². The van der Waals surface area contributed by atoms with Crippen LogP contribution in [0.1, 0.15) is 13.3 Å². The number of carbonyl (C=O) groups is 2. The summed E-state index contributed by atoms with van der Waals surface area (Å²) in [5.41, 5.74) is 0. The summed E-state index contributed by atoms with van der Waals surface area (Å²) in [4.78, 5) is 24.1. The predicted octanol–water partition coefficient (Wildman–Crippen LogP) is -0.0254. The Morgan fingerprint density at radius 3 is 2.47 bits per heavy atom. The van der Waals surface area contributed by atoms with E-state index < -0.39 is 11.9 Å². The average molecular weight is 275 g/mol. The zero-order valence-electron chi connectivity index (χ0n) is 11.9. The van der Waals surface area contributed by atoms with Gasteiger partial charge in [0.25, 0.3) is 0 Å². The zero-order valence-corrected chi connectivity index (χ0v) is 11.9. The quantitative estimate of drug-likeness (QED) is 0.487. The van der Waals surface area contributed by atoms with Gasteiger partial charge >= 0.3 is 12.0 Å². The molecule has 0 aromatic rings. The van der Waals surface area contributed by atoms with Crippen molar-refractivity contribution < 1.29 is 19.4 Å². The summed E-state index contributed by atoms with van der Waals surface area (Å²) in [6.45, 7) is 4.22. The van der Waals surface area contributed by atoms with Crippen molar-refractivity contribution in [3.63, 3.8) is 0 Å². The van der Waals surface area contributed by atoms with Gasteiger partial charge in [0.05, 0.1) is 19.1 Å². The lowest BCUT2D eigenvalue weighted by Crippen LogP contribution is -2.41. The van der Waals surface area contributed by atoms with Crippen molar-refractivity contribution in [2.75, 3.05) is 46.9 Å². The van der Waals surface area contributed by atoms with Crippen molar-refractivity contribution >= 4 is 12.0 Å². The first-order valence-electron chi connectivity index (χ1n) is 6.44. The summed E-state index contributed by atoms with van der Waals surface area (Å²) in [5.74, 6) is -1.43. The molecule has 7 heteroatoms. The minimum atomic E-state index is -0.894. The molecule has 0 radical (unpaired) electrons. The van der Waals surface area contributed by atoms with Gasteiger partial charge in [0.2, 0.25) is 0 Å². The van der Waals surface area contributed by atoms with Crippen LogP contribution in [-0.2, 0) is 9.53 Å². The van der Waals surface area contributed by atoms with Crippen molar-refractivity contribution in [3.8, 4) is 0 Å². The fourth-order valence-corrected chi connectivity index (χ4v) is 1.27. The molecule has 0 aromatic heterocycles. The number of aliphatic carboxylic acids is 1. The van der Waals surface area contributed by atoms with E-state index in [1.807, 2.05) is 19.0 Å². The third kappa shape index (κ3) is 10.3. The van der Waals surface area contributed by atoms with Crippen LogP contribution in [-0.4, -0.2) is 69.0 Å². The lowest BCUT2D eigenvalue weighted by molar-refractivity contribution is -0.141. The van der Waals surface area contributed by atoms with E-state index in [1.54, 1.807) is 6.92 Å². The van der Waals surface area contributed by atoms with Gasteiger partial charge in [-0.15, -0.1) is 0 Å². The number of urea groups is 1. The highest BCUT2D eigenvalue weighted by Crippen LogP contribution is 1.99. The van der Waals surface area contributed by atoms with Crippen LogP contribution < -0.4 is 10.6 Å². The first-order valence-corrected chi connectivity index (χ1v) is 6.44. The standard InChI is InChI=1S/C12H25N3O4/c1-4-10(11(16)17)9-14-12(18)13-5-7-19-8-6-15(2)3/h10H,4-9H2,1-3H3,(H,16,17)(H2,13,14,18). The number of nitrogens with zero attached hydrogens (tertiary/aromatic N) is 1. The minimum Gasteiger partial charge on any atom is -0.481 e. The molecule has 0 saturated carbocycles. The topological polar surface area (TPSA) is 90.9 Å². The number of ether oxygens (including phenoxy) is 1. The Bertz CT molecular complexity index is 272. The number of carboxylic acids is 1. The summed E-state index contributed by atoms with van der Waals surface area (Å²) in [6, 6.07) is -0.365. The fraction of sp³-hybridized carbons (Fsp3) is 0.833. The molecule has 19 heavy (non-hydrogen) atoms. The van der Waals surface area contributed by atoms with Crippen molar-refractivity contribution in [3.05, 3.63) is 0 Å². The zero-order chi connectivity index (χ0) is 14.7. The highest BCUT2D eigenvalue weighted by Gasteiger charge is 2.15. The normalized spacial score (nSPS) is 12.2. The Hall–Kier alpha value is -1.34. The molecule has 2 amide bonds. The van der Waals surface area contributed by atoms with Gasteiger partial charge in [-0.1, -0.05) is 6.92 Å². The van der Waals surface area contributed by atoms with Crippen molar-refractivity contribution in [1.82, 2.24) is 15.5 Å². The molecule has 0 aromatic carbocycles. The van der Waals surface area contributed by atoms with Gasteiger partial charge in [0, 0.05) is 19.6 Å². The SMILES string of the molecule is CCC(CNC(=O)NCCOCCN(C)C)C(=O)O. The molecular formula is C12H25N3O4. The Morgan fingerprint density at radius 2 is 1.95 bits per heavy atom. The van der Waals surface area contributed by atoms with Crippen LogP contribution in [0.4, 0.5) is 4.79 Å². The second-order valence-corrected chi connectivity index (χ2v) is 4.50. The Morgan fingerprint density at radius 1 is 1.26 bits per heavy atom. The maximum absolute atomic E-state index is 11.3. The average Bonchev–Trinajstić information content (AvgIpc) is 2.33. The van der Waals surface area contributed by atoms with E-state index in [1.165, 1.54) is 0 Å². The maximum atomic E-state index is 11.3. The van der Waals surface area contributed by atoms with Crippen LogP contribution in [0.25, 0.3) is 0 Å². The van der Waals surface area contributed by atoms with Crippen LogP contribution in [0, 0.1) is 5.92 Å². The summed E-state index contributed by atoms with van der Waals surface area (Å²) in [6.07, 6.45) is 0.489. The Labute approximate surface area is 114 Å². The molecule has 1 unspecified atom stereocenters. The van der Waals surface area contributed by atoms with E-state index >= 15 is 0 Å². The molecule has 0 aliphatic rings. The third-order valence-corrected chi connectivity index (χ3v) is 2.57. The molecule has 0 heterocycles. The van der Waals surface area contributed by atoms with Crippen LogP contribution in [0.3, 0.4) is 0 Å². The third-order valence-electron chi connectivity index (χ3n) is 2.57. The highest BCUT2D eigenvalue weighted by atomic mass is 16.5. The highest BCUT2D eigenvalue weighted by molar-refractivity contribution is 5.75. The number of hydrogen-bond acceptors (Lipinski definition) is 4. The predicted molar refractivity (Wildman–Crippen MR) is 72.2 cm³/mol. The molecule has 0 fully saturated rings. The minimum absolute atomic E-state index is 0.138. The molecule has 1 atom stereocenters. The summed E-state index contributed by atoms with van der Waals surface area (Å²) >= 11 is 0. The largest absolute Gasteiger partial charge is 0.481 e. The van der Waals surface area contributed by atoms with Gasteiger partial charge in [0.1, 0.15) is 0 Å². The molecule has 0 bridgehead atoms. The second-order valence-electron chi connectivity index (χ2n) is 4.50. The second kappa shape index (κ2) is 10.6. The van der Waals surface area contributed by atoms with Gasteiger partial charge in [0.15, 0.2) is 0 Å². The molecule has 0 aliphatic carbocycles. The first kappa shape index (κ1) is 17.7. The van der Waals surface area contributed by atoms with Crippen molar-refractivity contribution in [2.45, 2.75) is 13.3 Å². The van der Waals surface area contributed by atoms with Gasteiger partial charge in [-0.2, -0.15) is 0 Å². The lowest BCUT2D eigenvalue weighted by Gasteiger charge is -2.12. The van der Waals surface area contributed by atoms with Crippen molar-refractivity contribution in [2.24, 2.45) is 5.92 Å². The van der Waals surface area contributed by atoms with E-state index in [0.717, 1.165) is 6.54 Å². The molecule has 0 spiro atoms. The number of likely N-dealkylation sites (N-methyl/N-ethyl adjacent to an activating group) is 1. The maximum Gasteiger partial charge on any atom is 0.314 e. The van der Waals surface area contributed by atoms with E-state index in [9.17, 15) is 9.59 Å². The Kier molecular flexibility index (Phi) is 9.82. The van der Waals surface area contributed by atoms with E-state index in [4.69, 9.17) is 9.84 Å². The van der Waals surface area contributed by atoms with Gasteiger partial charge in [-0.25, -0.2) is 4.79 Å². The van der Waals surface area contributed by atoms with E-state index in [2.05, 4.69) is 10.6 Å². The number of carbonyl (C=O) groups excluding carboxylic acids is 1. The molecule has 3 N–H and O–H groups in total. The van der Waals surface area contributed by atoms with E-state index in [-0.39, 0.29) is 12.6 Å². The van der Waals surface area contributed by atoms with Gasteiger partial charge in [-0.3, -0.25) is 4.79 Å². The molecule has 0 aliphatic heterocycles. The molecule has 0 rings (SSSR count). The number of hydrogen-bond donors (Lipinski definition) is 3. The monoisotopic (exact) mass is 275 g/mol. The van der Waals surface area contributed by atoms with Crippen LogP contribution in [0.5, 0.6) is 0 Å². The number of nitrogens with one attached hydrogen (secondary N) is 2. The lowest BCUT2D eigenvalue weighted by atomic mass is 10.1. The summed E-state index contributed by atoms with van der Waals surface area (Å²) in [7, 11) is 3.92. The Balaban J connectivity index is 3.52. The fourth-order valence-electron chi connectivity index (χ4n) is 1.27. The van der Waals surface area contributed by atoms with E-state index in [0.29, 0.717) is 26.2 Å². The summed E-state index contributed by atoms with van der Waals surface area (Å²) in [5, 5.41) is 13.9. The molecular weight excluding hydrogens is 250 g/mol. The molecule has 112 valence electrons. The smallest absolute Gasteiger partial charge is 0.314 e. The number of rotatable bonds is 10. The number of amides is 2. The van der Waals surface area contributed by atoms with Gasteiger partial charge in [-0.05, 0) is 20.5 Å². The summed E-state index contributed by atoms with van der Waals surface area (Å²) < 4.78 is 5.30. The number of carboxylic acid groups (broad SMARTS) is 1. The molecule has 0 saturated heterocycles. The van der Waals surface area contributed by atoms with Crippen molar-refractivity contribution in [1.29, 1.82) is 0 Å². The van der Waals surface area contributed by atoms with Crippen LogP contribution in [0.15, 0.2) is 0 Å².